The average Bonchev–Trinajstić information content (AvgIpc) is 3.10. The van der Waals surface area contributed by atoms with Crippen molar-refractivity contribution in [3.63, 3.8) is 0 Å². The number of benzene rings is 2. The van der Waals surface area contributed by atoms with Crippen LogP contribution in [0.15, 0.2) is 59.5 Å². The highest BCUT2D eigenvalue weighted by atomic mass is 35.5. The molecule has 1 aliphatic rings. The maximum Gasteiger partial charge on any atom is 0.262 e. The second kappa shape index (κ2) is 8.79. The lowest BCUT2D eigenvalue weighted by Crippen LogP contribution is -2.25. The van der Waals surface area contributed by atoms with Crippen LogP contribution in [0.5, 0.6) is 0 Å². The molecule has 3 aromatic rings. The van der Waals surface area contributed by atoms with E-state index in [0.717, 1.165) is 41.7 Å². The van der Waals surface area contributed by atoms with E-state index in [1.54, 1.807) is 0 Å². The van der Waals surface area contributed by atoms with Gasteiger partial charge in [-0.1, -0.05) is 41.9 Å². The minimum absolute atomic E-state index is 0.105. The maximum atomic E-state index is 13.1. The van der Waals surface area contributed by atoms with Crippen LogP contribution in [0.4, 0.5) is 5.00 Å². The number of rotatable bonds is 6. The minimum Gasteiger partial charge on any atom is -0.348 e. The van der Waals surface area contributed by atoms with Crippen molar-refractivity contribution < 1.29 is 13.2 Å². The van der Waals surface area contributed by atoms with Crippen LogP contribution in [0, 0.1) is 0 Å². The fourth-order valence-corrected chi connectivity index (χ4v) is 6.26. The predicted octanol–water partition coefficient (Wildman–Crippen LogP) is 5.01. The molecule has 1 aliphatic carbocycles. The van der Waals surface area contributed by atoms with Crippen LogP contribution in [-0.2, 0) is 29.4 Å². The zero-order valence-corrected chi connectivity index (χ0v) is 18.5. The molecule has 1 heterocycles. The maximum absolute atomic E-state index is 13.1. The van der Waals surface area contributed by atoms with Crippen molar-refractivity contribution in [2.75, 3.05) is 4.72 Å². The molecule has 0 aliphatic heterocycles. The van der Waals surface area contributed by atoms with Gasteiger partial charge in [-0.3, -0.25) is 9.52 Å². The highest BCUT2D eigenvalue weighted by molar-refractivity contribution is 7.93. The number of nitrogens with one attached hydrogen (secondary N) is 2. The number of aryl methyl sites for hydroxylation is 1. The van der Waals surface area contributed by atoms with Gasteiger partial charge in [-0.2, -0.15) is 0 Å². The van der Waals surface area contributed by atoms with Crippen LogP contribution in [0.3, 0.4) is 0 Å². The second-order valence-corrected chi connectivity index (χ2v) is 10.4. The van der Waals surface area contributed by atoms with Gasteiger partial charge in [0.25, 0.3) is 15.9 Å². The van der Waals surface area contributed by atoms with Gasteiger partial charge in [-0.25, -0.2) is 8.42 Å². The Bertz CT molecular complexity index is 1160. The summed E-state index contributed by atoms with van der Waals surface area (Å²) in [5.74, 6) is -0.257. The number of hydrogen-bond donors (Lipinski definition) is 2. The zero-order valence-electron chi connectivity index (χ0n) is 16.2. The standard InChI is InChI=1S/C22H21ClN2O3S2/c23-16-10-12-17(13-11-16)30(27,28)25-22-20(18-8-4-5-9-19(18)29-22)21(26)24-14-15-6-2-1-3-7-15/h1-3,6-7,10-13,25H,4-5,8-9,14H2,(H,24,26). The number of anilines is 1. The van der Waals surface area contributed by atoms with Gasteiger partial charge in [-0.15, -0.1) is 11.3 Å². The Morgan fingerprint density at radius 2 is 1.70 bits per heavy atom. The van der Waals surface area contributed by atoms with Crippen LogP contribution in [-0.4, -0.2) is 14.3 Å². The lowest BCUT2D eigenvalue weighted by atomic mass is 9.95. The van der Waals surface area contributed by atoms with Crippen molar-refractivity contribution in [3.05, 3.63) is 81.2 Å². The molecule has 8 heteroatoms. The first kappa shape index (κ1) is 20.9. The van der Waals surface area contributed by atoms with Gasteiger partial charge in [0, 0.05) is 16.4 Å². The van der Waals surface area contributed by atoms with Crippen molar-refractivity contribution in [3.8, 4) is 0 Å². The Morgan fingerprint density at radius 1 is 1.00 bits per heavy atom. The van der Waals surface area contributed by atoms with E-state index in [0.29, 0.717) is 22.1 Å². The molecule has 1 amide bonds. The number of halogens is 1. The molecular weight excluding hydrogens is 440 g/mol. The Labute approximate surface area is 185 Å². The van der Waals surface area contributed by atoms with Crippen LogP contribution in [0.2, 0.25) is 5.02 Å². The smallest absolute Gasteiger partial charge is 0.262 e. The van der Waals surface area contributed by atoms with Crippen molar-refractivity contribution in [1.82, 2.24) is 5.32 Å². The molecule has 156 valence electrons. The number of thiophene rings is 1. The largest absolute Gasteiger partial charge is 0.348 e. The van der Waals surface area contributed by atoms with Crippen LogP contribution < -0.4 is 10.0 Å². The topological polar surface area (TPSA) is 75.3 Å². The summed E-state index contributed by atoms with van der Waals surface area (Å²) in [6, 6.07) is 15.6. The molecular formula is C22H21ClN2O3S2. The van der Waals surface area contributed by atoms with E-state index in [9.17, 15) is 13.2 Å². The summed E-state index contributed by atoms with van der Waals surface area (Å²) in [4.78, 5) is 14.3. The van der Waals surface area contributed by atoms with E-state index < -0.39 is 10.0 Å². The van der Waals surface area contributed by atoms with Gasteiger partial charge in [-0.05, 0) is 61.1 Å². The quantitative estimate of drug-likeness (QED) is 0.542. The van der Waals surface area contributed by atoms with Gasteiger partial charge < -0.3 is 5.32 Å². The van der Waals surface area contributed by atoms with Gasteiger partial charge in [0.15, 0.2) is 0 Å². The van der Waals surface area contributed by atoms with Crippen molar-refractivity contribution in [1.29, 1.82) is 0 Å². The molecule has 0 atom stereocenters. The van der Waals surface area contributed by atoms with Gasteiger partial charge >= 0.3 is 0 Å². The molecule has 2 aromatic carbocycles. The van der Waals surface area contributed by atoms with E-state index in [2.05, 4.69) is 10.0 Å². The molecule has 0 bridgehead atoms. The van der Waals surface area contributed by atoms with Crippen LogP contribution in [0.1, 0.15) is 39.2 Å². The monoisotopic (exact) mass is 460 g/mol. The number of carbonyl (C=O) groups is 1. The fraction of sp³-hybridized carbons (Fsp3) is 0.227. The molecule has 2 N–H and O–H groups in total. The first-order valence-corrected chi connectivity index (χ1v) is 12.4. The number of fused-ring (bicyclic) bond motifs is 1. The first-order chi connectivity index (χ1) is 14.4. The van der Waals surface area contributed by atoms with Crippen molar-refractivity contribution in [2.45, 2.75) is 37.1 Å². The Hall–Kier alpha value is -2.35. The Balaban J connectivity index is 1.63. The van der Waals surface area contributed by atoms with Crippen molar-refractivity contribution in [2.24, 2.45) is 0 Å². The lowest BCUT2D eigenvalue weighted by molar-refractivity contribution is 0.0951. The van der Waals surface area contributed by atoms with E-state index in [4.69, 9.17) is 11.6 Å². The van der Waals surface area contributed by atoms with E-state index >= 15 is 0 Å². The average molecular weight is 461 g/mol. The minimum atomic E-state index is -3.83. The van der Waals surface area contributed by atoms with Crippen LogP contribution >= 0.6 is 22.9 Å². The van der Waals surface area contributed by atoms with E-state index in [1.807, 2.05) is 30.3 Å². The Kier molecular flexibility index (Phi) is 6.13. The summed E-state index contributed by atoms with van der Waals surface area (Å²) >= 11 is 7.24. The highest BCUT2D eigenvalue weighted by Gasteiger charge is 2.28. The molecule has 0 saturated heterocycles. The summed E-state index contributed by atoms with van der Waals surface area (Å²) in [5, 5.41) is 3.78. The molecule has 30 heavy (non-hydrogen) atoms. The third-order valence-electron chi connectivity index (χ3n) is 5.05. The zero-order chi connectivity index (χ0) is 21.1. The fourth-order valence-electron chi connectivity index (χ4n) is 3.54. The van der Waals surface area contributed by atoms with Gasteiger partial charge in [0.2, 0.25) is 0 Å². The normalized spacial score (nSPS) is 13.5. The molecule has 0 saturated carbocycles. The molecule has 0 spiro atoms. The molecule has 5 nitrogen and oxygen atoms in total. The number of hydrogen-bond acceptors (Lipinski definition) is 4. The molecule has 1 aromatic heterocycles. The lowest BCUT2D eigenvalue weighted by Gasteiger charge is -2.14. The molecule has 0 unspecified atom stereocenters. The number of amides is 1. The van der Waals surface area contributed by atoms with Crippen molar-refractivity contribution >= 4 is 43.9 Å². The SMILES string of the molecule is O=C(NCc1ccccc1)c1c(NS(=O)(=O)c2ccc(Cl)cc2)sc2c1CCCC2. The number of sulfonamides is 1. The van der Waals surface area contributed by atoms with Gasteiger partial charge in [0.05, 0.1) is 10.5 Å². The third kappa shape index (κ3) is 4.53. The summed E-state index contributed by atoms with van der Waals surface area (Å²) in [7, 11) is -3.83. The van der Waals surface area contributed by atoms with E-state index in [-0.39, 0.29) is 10.8 Å². The third-order valence-corrected chi connectivity index (χ3v) is 8.00. The molecule has 0 fully saturated rings. The second-order valence-electron chi connectivity index (χ2n) is 7.14. The predicted molar refractivity (Wildman–Crippen MR) is 121 cm³/mol. The van der Waals surface area contributed by atoms with Crippen LogP contribution in [0.25, 0.3) is 0 Å². The summed E-state index contributed by atoms with van der Waals surface area (Å²) in [6.45, 7) is 0.383. The first-order valence-electron chi connectivity index (χ1n) is 9.69. The summed E-state index contributed by atoms with van der Waals surface area (Å²) in [5.41, 5.74) is 2.40. The molecule has 0 radical (unpaired) electrons. The summed E-state index contributed by atoms with van der Waals surface area (Å²) < 4.78 is 28.4. The summed E-state index contributed by atoms with van der Waals surface area (Å²) in [6.07, 6.45) is 3.68. The molecule has 4 rings (SSSR count). The van der Waals surface area contributed by atoms with E-state index in [1.165, 1.54) is 35.6 Å². The highest BCUT2D eigenvalue weighted by Crippen LogP contribution is 2.39. The van der Waals surface area contributed by atoms with Gasteiger partial charge in [0.1, 0.15) is 5.00 Å². The number of carbonyl (C=O) groups excluding carboxylic acids is 1. The Morgan fingerprint density at radius 3 is 2.43 bits per heavy atom.